The van der Waals surface area contributed by atoms with Crippen molar-refractivity contribution in [1.82, 2.24) is 0 Å². The molecular formula is C23H18O4. The summed E-state index contributed by atoms with van der Waals surface area (Å²) >= 11 is 0. The lowest BCUT2D eigenvalue weighted by molar-refractivity contribution is 0.0978. The van der Waals surface area contributed by atoms with E-state index in [2.05, 4.69) is 0 Å². The maximum absolute atomic E-state index is 12.9. The number of ketones is 2. The third-order valence-electron chi connectivity index (χ3n) is 5.11. The molecule has 0 bridgehead atoms. The van der Waals surface area contributed by atoms with E-state index in [0.29, 0.717) is 29.5 Å². The van der Waals surface area contributed by atoms with E-state index in [0.717, 1.165) is 0 Å². The molecule has 0 radical (unpaired) electrons. The highest BCUT2D eigenvalue weighted by molar-refractivity contribution is 6.15. The van der Waals surface area contributed by atoms with Crippen LogP contribution in [0, 0.1) is 0 Å². The Morgan fingerprint density at radius 1 is 0.778 bits per heavy atom. The zero-order valence-electron chi connectivity index (χ0n) is 14.6. The van der Waals surface area contributed by atoms with Crippen LogP contribution < -0.4 is 0 Å². The molecule has 2 N–H and O–H groups in total. The fourth-order valence-electron chi connectivity index (χ4n) is 3.84. The zero-order chi connectivity index (χ0) is 19.0. The van der Waals surface area contributed by atoms with E-state index in [1.54, 1.807) is 36.4 Å². The summed E-state index contributed by atoms with van der Waals surface area (Å²) in [6.07, 6.45) is 0.779. The minimum absolute atomic E-state index is 0.0240. The number of rotatable bonds is 4. The van der Waals surface area contributed by atoms with Gasteiger partial charge in [0, 0.05) is 17.9 Å². The minimum atomic E-state index is -0.387. The van der Waals surface area contributed by atoms with Gasteiger partial charge < -0.3 is 10.2 Å². The van der Waals surface area contributed by atoms with Crippen molar-refractivity contribution in [3.8, 4) is 11.5 Å². The Balaban J connectivity index is 1.74. The number of Topliss-reactive ketones (excluding diaryl/α,β-unsaturated/α-hetero) is 1. The molecule has 1 aliphatic rings. The van der Waals surface area contributed by atoms with E-state index < -0.39 is 0 Å². The van der Waals surface area contributed by atoms with Crippen LogP contribution in [0.25, 0.3) is 0 Å². The predicted octanol–water partition coefficient (Wildman–Crippen LogP) is 4.44. The lowest BCUT2D eigenvalue weighted by Gasteiger charge is -2.28. The van der Waals surface area contributed by atoms with Crippen molar-refractivity contribution < 1.29 is 19.8 Å². The summed E-state index contributed by atoms with van der Waals surface area (Å²) in [4.78, 5) is 25.4. The second-order valence-corrected chi connectivity index (χ2v) is 6.69. The molecule has 134 valence electrons. The monoisotopic (exact) mass is 358 g/mol. The maximum atomic E-state index is 12.9. The van der Waals surface area contributed by atoms with Crippen LogP contribution in [0.4, 0.5) is 0 Å². The summed E-state index contributed by atoms with van der Waals surface area (Å²) in [5.74, 6) is -0.825. The zero-order valence-corrected chi connectivity index (χ0v) is 14.6. The second kappa shape index (κ2) is 6.72. The Morgan fingerprint density at radius 2 is 1.33 bits per heavy atom. The molecule has 27 heavy (non-hydrogen) atoms. The largest absolute Gasteiger partial charge is 0.507 e. The molecule has 0 aromatic heterocycles. The molecule has 0 fully saturated rings. The van der Waals surface area contributed by atoms with Crippen molar-refractivity contribution in [1.29, 1.82) is 0 Å². The van der Waals surface area contributed by atoms with Gasteiger partial charge in [0.1, 0.15) is 11.5 Å². The van der Waals surface area contributed by atoms with Gasteiger partial charge in [0.15, 0.2) is 5.78 Å². The molecular weight excluding hydrogens is 340 g/mol. The Labute approximate surface area is 156 Å². The first-order valence-electron chi connectivity index (χ1n) is 8.84. The molecule has 0 aliphatic heterocycles. The van der Waals surface area contributed by atoms with Crippen LogP contribution >= 0.6 is 0 Å². The van der Waals surface area contributed by atoms with Crippen molar-refractivity contribution in [3.63, 3.8) is 0 Å². The Bertz CT molecular complexity index is 982. The summed E-state index contributed by atoms with van der Waals surface area (Å²) in [6.45, 7) is 0. The van der Waals surface area contributed by atoms with Gasteiger partial charge in [0.2, 0.25) is 5.78 Å². The first-order valence-corrected chi connectivity index (χ1v) is 8.84. The molecule has 0 spiro atoms. The highest BCUT2D eigenvalue weighted by Gasteiger charge is 2.34. The van der Waals surface area contributed by atoms with E-state index >= 15 is 0 Å². The average molecular weight is 358 g/mol. The summed E-state index contributed by atoms with van der Waals surface area (Å²) in [6, 6.07) is 19.0. The van der Waals surface area contributed by atoms with Crippen LogP contribution in [-0.2, 0) is 0 Å². The van der Waals surface area contributed by atoms with Gasteiger partial charge in [-0.05, 0) is 29.7 Å². The van der Waals surface area contributed by atoms with E-state index in [1.165, 1.54) is 12.1 Å². The van der Waals surface area contributed by atoms with Gasteiger partial charge in [-0.2, -0.15) is 0 Å². The average Bonchev–Trinajstić information content (AvgIpc) is 2.68. The van der Waals surface area contributed by atoms with Crippen LogP contribution in [0.1, 0.15) is 56.2 Å². The van der Waals surface area contributed by atoms with Gasteiger partial charge >= 0.3 is 0 Å². The van der Waals surface area contributed by atoms with Crippen LogP contribution in [0.2, 0.25) is 0 Å². The summed E-state index contributed by atoms with van der Waals surface area (Å²) in [7, 11) is 0. The molecule has 0 amide bonds. The molecule has 3 aromatic rings. The summed E-state index contributed by atoms with van der Waals surface area (Å²) in [5, 5.41) is 20.5. The molecule has 4 rings (SSSR count). The van der Waals surface area contributed by atoms with Crippen LogP contribution in [0.15, 0.2) is 66.7 Å². The van der Waals surface area contributed by atoms with Crippen molar-refractivity contribution >= 4 is 11.6 Å². The van der Waals surface area contributed by atoms with Gasteiger partial charge in [-0.1, -0.05) is 54.6 Å². The number of hydrogen-bond acceptors (Lipinski definition) is 4. The number of fused-ring (bicyclic) bond motifs is 2. The van der Waals surface area contributed by atoms with Crippen molar-refractivity contribution in [2.75, 3.05) is 0 Å². The summed E-state index contributed by atoms with van der Waals surface area (Å²) in [5.41, 5.74) is 2.46. The van der Waals surface area contributed by atoms with Crippen molar-refractivity contribution in [2.45, 2.75) is 18.8 Å². The molecule has 0 heterocycles. The Kier molecular flexibility index (Phi) is 4.24. The lowest BCUT2D eigenvalue weighted by Crippen LogP contribution is -2.20. The first kappa shape index (κ1) is 17.0. The second-order valence-electron chi connectivity index (χ2n) is 6.69. The molecule has 3 aromatic carbocycles. The first-order chi connectivity index (χ1) is 13.1. The number of carbonyl (C=O) groups excluding carboxylic acids is 2. The topological polar surface area (TPSA) is 74.6 Å². The van der Waals surface area contributed by atoms with E-state index in [-0.39, 0.29) is 40.1 Å². The van der Waals surface area contributed by atoms with Gasteiger partial charge in [-0.15, -0.1) is 0 Å². The fraction of sp³-hybridized carbons (Fsp3) is 0.130. The van der Waals surface area contributed by atoms with E-state index in [9.17, 15) is 19.8 Å². The van der Waals surface area contributed by atoms with Crippen LogP contribution in [-0.4, -0.2) is 21.8 Å². The van der Waals surface area contributed by atoms with Gasteiger partial charge in [-0.25, -0.2) is 0 Å². The SMILES string of the molecule is O=C(CCC1c2cccc(O)c2C(=O)c2c(O)cccc21)c1ccccc1. The number of phenols is 2. The standard InChI is InChI=1S/C23H18O4/c24-18(14-6-2-1-3-7-14)13-12-15-16-8-4-10-19(25)21(16)23(27)22-17(15)9-5-11-20(22)26/h1-11,15,25-26H,12-13H2. The van der Waals surface area contributed by atoms with Crippen molar-refractivity contribution in [3.05, 3.63) is 94.5 Å². The van der Waals surface area contributed by atoms with Gasteiger partial charge in [0.25, 0.3) is 0 Å². The molecule has 4 nitrogen and oxygen atoms in total. The Hall–Kier alpha value is -3.40. The predicted molar refractivity (Wildman–Crippen MR) is 101 cm³/mol. The molecule has 0 unspecified atom stereocenters. The van der Waals surface area contributed by atoms with E-state index in [4.69, 9.17) is 0 Å². The number of carbonyl (C=O) groups is 2. The lowest BCUT2D eigenvalue weighted by atomic mass is 9.74. The molecule has 0 saturated heterocycles. The fourth-order valence-corrected chi connectivity index (χ4v) is 3.84. The Morgan fingerprint density at radius 3 is 1.89 bits per heavy atom. The smallest absolute Gasteiger partial charge is 0.201 e. The van der Waals surface area contributed by atoms with Crippen LogP contribution in [0.5, 0.6) is 11.5 Å². The number of benzene rings is 3. The molecule has 0 atom stereocenters. The van der Waals surface area contributed by atoms with Crippen molar-refractivity contribution in [2.24, 2.45) is 0 Å². The normalized spacial score (nSPS) is 13.1. The third kappa shape index (κ3) is 2.89. The highest BCUT2D eigenvalue weighted by Crippen LogP contribution is 2.44. The maximum Gasteiger partial charge on any atom is 0.201 e. The number of aromatic hydroxyl groups is 2. The number of hydrogen-bond donors (Lipinski definition) is 2. The third-order valence-corrected chi connectivity index (χ3v) is 5.11. The highest BCUT2D eigenvalue weighted by atomic mass is 16.3. The summed E-state index contributed by atoms with van der Waals surface area (Å²) < 4.78 is 0. The number of phenolic OH excluding ortho intramolecular Hbond substituents is 2. The van der Waals surface area contributed by atoms with Gasteiger partial charge in [-0.3, -0.25) is 9.59 Å². The minimum Gasteiger partial charge on any atom is -0.507 e. The molecule has 0 saturated carbocycles. The quantitative estimate of drug-likeness (QED) is 0.676. The van der Waals surface area contributed by atoms with Gasteiger partial charge in [0.05, 0.1) is 11.1 Å². The van der Waals surface area contributed by atoms with E-state index in [1.807, 2.05) is 18.2 Å². The van der Waals surface area contributed by atoms with Crippen LogP contribution in [0.3, 0.4) is 0 Å². The molecule has 4 heteroatoms. The molecule has 1 aliphatic carbocycles.